The summed E-state index contributed by atoms with van der Waals surface area (Å²) in [7, 11) is 0. The van der Waals surface area contributed by atoms with Gasteiger partial charge in [0.25, 0.3) is 5.91 Å². The number of nitrogens with two attached hydrogens (primary N) is 2. The number of nitrogens with one attached hydrogen (secondary N) is 2. The fraction of sp³-hybridized carbons (Fsp3) is 0.286. The SMILES string of the molecule is NCCC[C@@](NC(=O)OCc1ccccc1)(NC(=O)c1ccc(CN)cc1)C(=O)O. The molecule has 2 aromatic carbocycles. The van der Waals surface area contributed by atoms with Gasteiger partial charge in [0.05, 0.1) is 0 Å². The summed E-state index contributed by atoms with van der Waals surface area (Å²) in [4.78, 5) is 37.0. The molecule has 0 heterocycles. The summed E-state index contributed by atoms with van der Waals surface area (Å²) in [5.74, 6) is -2.10. The van der Waals surface area contributed by atoms with Crippen molar-refractivity contribution in [3.63, 3.8) is 0 Å². The zero-order chi connectivity index (χ0) is 22.0. The molecule has 0 unspecified atom stereocenters. The van der Waals surface area contributed by atoms with Crippen molar-refractivity contribution in [3.05, 3.63) is 71.3 Å². The van der Waals surface area contributed by atoms with Gasteiger partial charge in [-0.05, 0) is 36.2 Å². The third-order valence-electron chi connectivity index (χ3n) is 4.43. The topological polar surface area (TPSA) is 157 Å². The highest BCUT2D eigenvalue weighted by Gasteiger charge is 2.42. The number of amides is 2. The molecule has 0 spiro atoms. The van der Waals surface area contributed by atoms with Gasteiger partial charge < -0.3 is 26.6 Å². The summed E-state index contributed by atoms with van der Waals surface area (Å²) >= 11 is 0. The number of carboxylic acids is 1. The van der Waals surface area contributed by atoms with E-state index < -0.39 is 23.6 Å². The predicted molar refractivity (Wildman–Crippen MR) is 110 cm³/mol. The van der Waals surface area contributed by atoms with Crippen LogP contribution in [0.3, 0.4) is 0 Å². The largest absolute Gasteiger partial charge is 0.478 e. The van der Waals surface area contributed by atoms with Crippen LogP contribution in [0, 0.1) is 0 Å². The van der Waals surface area contributed by atoms with Crippen molar-refractivity contribution in [2.75, 3.05) is 6.54 Å². The molecular weight excluding hydrogens is 388 g/mol. The van der Waals surface area contributed by atoms with Crippen LogP contribution in [0.2, 0.25) is 0 Å². The highest BCUT2D eigenvalue weighted by atomic mass is 16.5. The maximum absolute atomic E-state index is 12.7. The molecule has 0 aliphatic heterocycles. The summed E-state index contributed by atoms with van der Waals surface area (Å²) in [5.41, 5.74) is 10.8. The summed E-state index contributed by atoms with van der Waals surface area (Å²) in [6.07, 6.45) is -0.846. The van der Waals surface area contributed by atoms with E-state index in [2.05, 4.69) is 10.6 Å². The summed E-state index contributed by atoms with van der Waals surface area (Å²) in [6.45, 7) is 0.441. The lowest BCUT2D eigenvalue weighted by molar-refractivity contribution is -0.146. The minimum atomic E-state index is -2.07. The minimum absolute atomic E-state index is 0.0479. The highest BCUT2D eigenvalue weighted by Crippen LogP contribution is 2.14. The third-order valence-corrected chi connectivity index (χ3v) is 4.43. The number of carbonyl (C=O) groups excluding carboxylic acids is 2. The number of ether oxygens (including phenoxy) is 1. The Morgan fingerprint density at radius 1 is 0.933 bits per heavy atom. The lowest BCUT2D eigenvalue weighted by atomic mass is 10.0. The molecule has 0 aliphatic carbocycles. The molecule has 0 saturated carbocycles. The third kappa shape index (κ3) is 6.29. The van der Waals surface area contributed by atoms with Crippen LogP contribution in [0.25, 0.3) is 0 Å². The lowest BCUT2D eigenvalue weighted by Crippen LogP contribution is -2.65. The molecule has 0 saturated heterocycles. The smallest absolute Gasteiger partial charge is 0.409 e. The average Bonchev–Trinajstić information content (AvgIpc) is 2.76. The van der Waals surface area contributed by atoms with Crippen LogP contribution < -0.4 is 22.1 Å². The first-order valence-corrected chi connectivity index (χ1v) is 9.44. The summed E-state index contributed by atoms with van der Waals surface area (Å²) < 4.78 is 5.12. The second kappa shape index (κ2) is 10.9. The number of hydrogen-bond donors (Lipinski definition) is 5. The number of benzene rings is 2. The molecule has 0 radical (unpaired) electrons. The second-order valence-corrected chi connectivity index (χ2v) is 6.64. The first-order chi connectivity index (χ1) is 14.4. The lowest BCUT2D eigenvalue weighted by Gasteiger charge is -2.31. The van der Waals surface area contributed by atoms with Gasteiger partial charge in [-0.25, -0.2) is 9.59 Å². The van der Waals surface area contributed by atoms with E-state index >= 15 is 0 Å². The van der Waals surface area contributed by atoms with Crippen molar-refractivity contribution >= 4 is 18.0 Å². The maximum Gasteiger partial charge on any atom is 0.409 e. The van der Waals surface area contributed by atoms with Crippen LogP contribution >= 0.6 is 0 Å². The predicted octanol–water partition coefficient (Wildman–Crippen LogP) is 1.32. The van der Waals surface area contributed by atoms with E-state index in [-0.39, 0.29) is 31.6 Å². The van der Waals surface area contributed by atoms with E-state index in [1.807, 2.05) is 6.07 Å². The molecule has 0 aliphatic rings. The number of alkyl carbamates (subject to hydrolysis) is 1. The molecular formula is C21H26N4O5. The van der Waals surface area contributed by atoms with Gasteiger partial charge in [0, 0.05) is 18.5 Å². The molecule has 7 N–H and O–H groups in total. The van der Waals surface area contributed by atoms with Gasteiger partial charge in [0.2, 0.25) is 5.66 Å². The van der Waals surface area contributed by atoms with Crippen molar-refractivity contribution in [2.45, 2.75) is 31.7 Å². The van der Waals surface area contributed by atoms with E-state index in [4.69, 9.17) is 16.2 Å². The van der Waals surface area contributed by atoms with Crippen LogP contribution in [0.5, 0.6) is 0 Å². The molecule has 2 rings (SSSR count). The maximum atomic E-state index is 12.7. The standard InChI is InChI=1S/C21H26N4O5/c22-12-4-11-21(19(27)28,24-18(26)17-9-7-15(13-23)8-10-17)25-20(29)30-14-16-5-2-1-3-6-16/h1-3,5-10H,4,11-14,22-23H2,(H,24,26)(H,25,29)(H,27,28)/t21-/m0/s1. The van der Waals surface area contributed by atoms with Crippen LogP contribution in [-0.4, -0.2) is 35.3 Å². The number of aliphatic carboxylic acids is 1. The van der Waals surface area contributed by atoms with Gasteiger partial charge in [-0.15, -0.1) is 0 Å². The molecule has 9 heteroatoms. The molecule has 160 valence electrons. The van der Waals surface area contributed by atoms with Crippen LogP contribution in [0.1, 0.15) is 34.3 Å². The zero-order valence-electron chi connectivity index (χ0n) is 16.5. The van der Waals surface area contributed by atoms with E-state index in [1.165, 1.54) is 12.1 Å². The molecule has 0 fully saturated rings. The van der Waals surface area contributed by atoms with Gasteiger partial charge in [0.15, 0.2) is 0 Å². The van der Waals surface area contributed by atoms with Crippen molar-refractivity contribution in [2.24, 2.45) is 11.5 Å². The molecule has 2 amide bonds. The Morgan fingerprint density at radius 3 is 2.17 bits per heavy atom. The number of carboxylic acid groups (broad SMARTS) is 1. The minimum Gasteiger partial charge on any atom is -0.478 e. The van der Waals surface area contributed by atoms with Crippen LogP contribution in [-0.2, 0) is 22.7 Å². The molecule has 30 heavy (non-hydrogen) atoms. The number of hydrogen-bond acceptors (Lipinski definition) is 6. The van der Waals surface area contributed by atoms with Gasteiger partial charge in [-0.1, -0.05) is 42.5 Å². The van der Waals surface area contributed by atoms with Gasteiger partial charge in [-0.3, -0.25) is 10.1 Å². The summed E-state index contributed by atoms with van der Waals surface area (Å²) in [6, 6.07) is 15.3. The fourth-order valence-corrected chi connectivity index (χ4v) is 2.73. The number of rotatable bonds is 10. The van der Waals surface area contributed by atoms with Gasteiger partial charge in [-0.2, -0.15) is 0 Å². The molecule has 0 bridgehead atoms. The second-order valence-electron chi connectivity index (χ2n) is 6.64. The molecule has 2 aromatic rings. The fourth-order valence-electron chi connectivity index (χ4n) is 2.73. The van der Waals surface area contributed by atoms with E-state index in [1.54, 1.807) is 36.4 Å². The summed E-state index contributed by atoms with van der Waals surface area (Å²) in [5, 5.41) is 14.5. The Labute approximate surface area is 174 Å². The van der Waals surface area contributed by atoms with Gasteiger partial charge >= 0.3 is 12.1 Å². The Kier molecular flexibility index (Phi) is 8.33. The highest BCUT2D eigenvalue weighted by molar-refractivity contribution is 5.98. The van der Waals surface area contributed by atoms with Crippen LogP contribution in [0.4, 0.5) is 4.79 Å². The average molecular weight is 414 g/mol. The van der Waals surface area contributed by atoms with Crippen molar-refractivity contribution < 1.29 is 24.2 Å². The van der Waals surface area contributed by atoms with Crippen molar-refractivity contribution in [1.82, 2.24) is 10.6 Å². The van der Waals surface area contributed by atoms with Gasteiger partial charge in [0.1, 0.15) is 6.61 Å². The Morgan fingerprint density at radius 2 is 1.60 bits per heavy atom. The molecule has 9 nitrogen and oxygen atoms in total. The first-order valence-electron chi connectivity index (χ1n) is 9.44. The molecule has 0 aromatic heterocycles. The van der Waals surface area contributed by atoms with Crippen LogP contribution in [0.15, 0.2) is 54.6 Å². The van der Waals surface area contributed by atoms with E-state index in [9.17, 15) is 19.5 Å². The molecule has 1 atom stereocenters. The van der Waals surface area contributed by atoms with E-state index in [0.29, 0.717) is 6.54 Å². The Bertz CT molecular complexity index is 857. The zero-order valence-corrected chi connectivity index (χ0v) is 16.5. The Balaban J connectivity index is 2.15. The van der Waals surface area contributed by atoms with Crippen molar-refractivity contribution in [3.8, 4) is 0 Å². The Hall–Kier alpha value is -3.43. The normalized spacial score (nSPS) is 12.5. The first kappa shape index (κ1) is 22.9. The van der Waals surface area contributed by atoms with Crippen molar-refractivity contribution in [1.29, 1.82) is 0 Å². The number of carbonyl (C=O) groups is 3. The quantitative estimate of drug-likeness (QED) is 0.367. The monoisotopic (exact) mass is 414 g/mol. The van der Waals surface area contributed by atoms with E-state index in [0.717, 1.165) is 11.1 Å².